The average Bonchev–Trinajstić information content (AvgIpc) is 3.04. The molecule has 3 aromatic rings. The van der Waals surface area contributed by atoms with Gasteiger partial charge in [0.2, 0.25) is 0 Å². The van der Waals surface area contributed by atoms with Crippen LogP contribution in [0.3, 0.4) is 0 Å². The minimum atomic E-state index is -2.09. The molecule has 130 valence electrons. The SMILES string of the molecule is CN1CCC([P+](c2ccccc2)(c2ccccc2)c2ccccc2)C1=O. The molecule has 1 fully saturated rings. The lowest BCUT2D eigenvalue weighted by atomic mass is 10.3. The summed E-state index contributed by atoms with van der Waals surface area (Å²) in [4.78, 5) is 15.1. The standard InChI is InChI=1S/C23H23NOP/c1-24-18-17-22(23(24)25)26(19-11-5-2-6-12-19,20-13-7-3-8-14-20)21-15-9-4-10-16-21/h2-16,22H,17-18H2,1H3/q+1. The van der Waals surface area contributed by atoms with E-state index in [-0.39, 0.29) is 11.6 Å². The minimum absolute atomic E-state index is 0.000278. The molecule has 1 amide bonds. The van der Waals surface area contributed by atoms with E-state index in [1.807, 2.05) is 11.9 Å². The van der Waals surface area contributed by atoms with Crippen molar-refractivity contribution in [1.82, 2.24) is 4.90 Å². The second-order valence-corrected chi connectivity index (χ2v) is 10.4. The highest BCUT2D eigenvalue weighted by molar-refractivity contribution is 7.96. The van der Waals surface area contributed by atoms with Gasteiger partial charge < -0.3 is 4.90 Å². The van der Waals surface area contributed by atoms with E-state index in [2.05, 4.69) is 91.0 Å². The number of likely N-dealkylation sites (tertiary alicyclic amines) is 1. The molecule has 0 aliphatic carbocycles. The number of hydrogen-bond acceptors (Lipinski definition) is 1. The topological polar surface area (TPSA) is 20.3 Å². The lowest BCUT2D eigenvalue weighted by Gasteiger charge is -2.31. The monoisotopic (exact) mass is 360 g/mol. The van der Waals surface area contributed by atoms with E-state index in [1.165, 1.54) is 15.9 Å². The van der Waals surface area contributed by atoms with E-state index in [0.717, 1.165) is 13.0 Å². The third-order valence-corrected chi connectivity index (χ3v) is 10.1. The van der Waals surface area contributed by atoms with Gasteiger partial charge in [-0.15, -0.1) is 0 Å². The summed E-state index contributed by atoms with van der Waals surface area (Å²) in [6.07, 6.45) is 0.905. The first kappa shape index (κ1) is 17.0. The normalized spacial score (nSPS) is 17.5. The first-order chi connectivity index (χ1) is 12.7. The average molecular weight is 360 g/mol. The Bertz CT molecular complexity index is 783. The second kappa shape index (κ2) is 7.05. The predicted molar refractivity (Wildman–Crippen MR) is 111 cm³/mol. The van der Waals surface area contributed by atoms with E-state index in [0.29, 0.717) is 0 Å². The van der Waals surface area contributed by atoms with Crippen molar-refractivity contribution in [3.05, 3.63) is 91.0 Å². The quantitative estimate of drug-likeness (QED) is 0.655. The maximum absolute atomic E-state index is 13.2. The van der Waals surface area contributed by atoms with Crippen LogP contribution < -0.4 is 15.9 Å². The van der Waals surface area contributed by atoms with Gasteiger partial charge in [-0.2, -0.15) is 0 Å². The number of carbonyl (C=O) groups is 1. The van der Waals surface area contributed by atoms with Crippen LogP contribution >= 0.6 is 7.26 Å². The van der Waals surface area contributed by atoms with Crippen molar-refractivity contribution in [2.75, 3.05) is 13.6 Å². The molecule has 26 heavy (non-hydrogen) atoms. The fraction of sp³-hybridized carbons (Fsp3) is 0.174. The van der Waals surface area contributed by atoms with E-state index in [1.54, 1.807) is 0 Å². The van der Waals surface area contributed by atoms with Gasteiger partial charge in [-0.3, -0.25) is 4.79 Å². The highest BCUT2D eigenvalue weighted by Crippen LogP contribution is 2.62. The zero-order valence-electron chi connectivity index (χ0n) is 15.0. The van der Waals surface area contributed by atoms with Crippen molar-refractivity contribution < 1.29 is 4.79 Å². The first-order valence-electron chi connectivity index (χ1n) is 9.05. The molecule has 3 aromatic carbocycles. The van der Waals surface area contributed by atoms with Crippen molar-refractivity contribution >= 4 is 29.1 Å². The molecule has 4 rings (SSSR count). The Kier molecular flexibility index (Phi) is 4.61. The van der Waals surface area contributed by atoms with Gasteiger partial charge in [0, 0.05) is 20.0 Å². The van der Waals surface area contributed by atoms with Gasteiger partial charge in [0.15, 0.2) is 5.66 Å². The summed E-state index contributed by atoms with van der Waals surface area (Å²) in [5, 5.41) is 3.85. The van der Waals surface area contributed by atoms with E-state index < -0.39 is 7.26 Å². The molecule has 2 nitrogen and oxygen atoms in total. The van der Waals surface area contributed by atoms with Gasteiger partial charge in [0.05, 0.1) is 0 Å². The van der Waals surface area contributed by atoms with E-state index >= 15 is 0 Å². The Labute approximate surface area is 155 Å². The molecule has 1 heterocycles. The molecule has 1 aliphatic heterocycles. The third-order valence-electron chi connectivity index (χ3n) is 5.36. The fourth-order valence-electron chi connectivity index (χ4n) is 4.14. The maximum Gasteiger partial charge on any atom is 0.264 e. The summed E-state index contributed by atoms with van der Waals surface area (Å²) in [5.41, 5.74) is -0.000278. The van der Waals surface area contributed by atoms with Crippen LogP contribution in [0.2, 0.25) is 0 Å². The Balaban J connectivity index is 2.06. The van der Waals surface area contributed by atoms with E-state index in [9.17, 15) is 4.79 Å². The largest absolute Gasteiger partial charge is 0.342 e. The lowest BCUT2D eigenvalue weighted by molar-refractivity contribution is -0.126. The van der Waals surface area contributed by atoms with Gasteiger partial charge in [-0.25, -0.2) is 0 Å². The summed E-state index contributed by atoms with van der Waals surface area (Å²) >= 11 is 0. The molecule has 0 saturated carbocycles. The van der Waals surface area contributed by atoms with Crippen molar-refractivity contribution in [3.63, 3.8) is 0 Å². The zero-order chi connectivity index (χ0) is 18.0. The molecule has 0 radical (unpaired) electrons. The lowest BCUT2D eigenvalue weighted by Crippen LogP contribution is -2.42. The van der Waals surface area contributed by atoms with Crippen LogP contribution in [0.15, 0.2) is 91.0 Å². The van der Waals surface area contributed by atoms with Crippen LogP contribution in [0.25, 0.3) is 0 Å². The molecule has 1 unspecified atom stereocenters. The van der Waals surface area contributed by atoms with Crippen LogP contribution in [-0.2, 0) is 4.79 Å². The van der Waals surface area contributed by atoms with Crippen molar-refractivity contribution in [2.45, 2.75) is 12.1 Å². The minimum Gasteiger partial charge on any atom is -0.342 e. The summed E-state index contributed by atoms with van der Waals surface area (Å²) in [6, 6.07) is 32.0. The Morgan fingerprint density at radius 3 is 1.42 bits per heavy atom. The number of hydrogen-bond donors (Lipinski definition) is 0. The molecule has 0 aromatic heterocycles. The van der Waals surface area contributed by atoms with Gasteiger partial charge in [0.1, 0.15) is 23.2 Å². The zero-order valence-corrected chi connectivity index (χ0v) is 15.8. The van der Waals surface area contributed by atoms with Gasteiger partial charge in [-0.05, 0) is 36.4 Å². The Morgan fingerprint density at radius 1 is 0.731 bits per heavy atom. The van der Waals surface area contributed by atoms with Crippen LogP contribution in [-0.4, -0.2) is 30.1 Å². The third kappa shape index (κ3) is 2.66. The number of benzene rings is 3. The highest BCUT2D eigenvalue weighted by atomic mass is 31.2. The number of carbonyl (C=O) groups excluding carboxylic acids is 1. The molecular formula is C23H23NOP+. The van der Waals surface area contributed by atoms with Gasteiger partial charge >= 0.3 is 0 Å². The summed E-state index contributed by atoms with van der Waals surface area (Å²) in [6.45, 7) is 0.831. The number of amides is 1. The van der Waals surface area contributed by atoms with E-state index in [4.69, 9.17) is 0 Å². The smallest absolute Gasteiger partial charge is 0.264 e. The highest BCUT2D eigenvalue weighted by Gasteiger charge is 2.57. The fourth-order valence-corrected chi connectivity index (χ4v) is 9.07. The Hall–Kier alpha value is -2.44. The summed E-state index contributed by atoms with van der Waals surface area (Å²) < 4.78 is 0. The summed E-state index contributed by atoms with van der Waals surface area (Å²) in [7, 11) is -0.157. The van der Waals surface area contributed by atoms with Crippen molar-refractivity contribution in [1.29, 1.82) is 0 Å². The van der Waals surface area contributed by atoms with Crippen LogP contribution in [0.4, 0.5) is 0 Å². The molecule has 1 aliphatic rings. The molecule has 0 bridgehead atoms. The van der Waals surface area contributed by atoms with Crippen LogP contribution in [0.1, 0.15) is 6.42 Å². The predicted octanol–water partition coefficient (Wildman–Crippen LogP) is 3.21. The molecule has 3 heteroatoms. The van der Waals surface area contributed by atoms with Crippen LogP contribution in [0.5, 0.6) is 0 Å². The maximum atomic E-state index is 13.2. The first-order valence-corrected chi connectivity index (χ1v) is 10.9. The van der Waals surface area contributed by atoms with Gasteiger partial charge in [-0.1, -0.05) is 54.6 Å². The molecule has 1 atom stereocenters. The summed E-state index contributed by atoms with van der Waals surface area (Å²) in [5.74, 6) is 0.273. The number of rotatable bonds is 4. The molecule has 0 N–H and O–H groups in total. The molecule has 1 saturated heterocycles. The van der Waals surface area contributed by atoms with Gasteiger partial charge in [0.25, 0.3) is 5.91 Å². The van der Waals surface area contributed by atoms with Crippen molar-refractivity contribution in [2.24, 2.45) is 0 Å². The molecular weight excluding hydrogens is 337 g/mol. The van der Waals surface area contributed by atoms with Crippen LogP contribution in [0, 0.1) is 0 Å². The second-order valence-electron chi connectivity index (χ2n) is 6.79. The number of nitrogens with zero attached hydrogens (tertiary/aromatic N) is 1. The Morgan fingerprint density at radius 2 is 1.12 bits per heavy atom. The molecule has 0 spiro atoms. The van der Waals surface area contributed by atoms with Crippen molar-refractivity contribution in [3.8, 4) is 0 Å².